The van der Waals surface area contributed by atoms with Crippen molar-refractivity contribution >= 4 is 56.6 Å². The topological polar surface area (TPSA) is 94.4 Å². The lowest BCUT2D eigenvalue weighted by Gasteiger charge is -2.20. The van der Waals surface area contributed by atoms with Gasteiger partial charge in [0, 0.05) is 15.2 Å². The molecule has 0 radical (unpaired) electrons. The van der Waals surface area contributed by atoms with Crippen LogP contribution in [0.3, 0.4) is 0 Å². The third-order valence-electron chi connectivity index (χ3n) is 4.36. The molecular weight excluding hydrogens is 450 g/mol. The van der Waals surface area contributed by atoms with Crippen LogP contribution in [0.5, 0.6) is 0 Å². The van der Waals surface area contributed by atoms with Crippen LogP contribution in [0.15, 0.2) is 63.3 Å². The van der Waals surface area contributed by atoms with E-state index in [-0.39, 0.29) is 12.5 Å². The molecule has 2 aliphatic heterocycles. The van der Waals surface area contributed by atoms with E-state index in [4.69, 9.17) is 11.6 Å². The third-order valence-corrected chi connectivity index (χ3v) is 5.12. The molecule has 1 N–H and O–H groups in total. The number of carbonyl (C=O) groups is 3. The zero-order valence-corrected chi connectivity index (χ0v) is 16.6. The van der Waals surface area contributed by atoms with Gasteiger partial charge in [-0.3, -0.25) is 19.4 Å². The van der Waals surface area contributed by atoms with Crippen molar-refractivity contribution in [2.24, 2.45) is 10.3 Å². The van der Waals surface area contributed by atoms with E-state index in [9.17, 15) is 14.4 Å². The Morgan fingerprint density at radius 2 is 1.89 bits per heavy atom. The number of nitrogens with one attached hydrogen (secondary N) is 1. The standard InChI is InChI=1S/C18H13BrClN5O3/c19-10-4-6-12(7-5-10)21-14(26)9-24-16-15(22-23-24)17(27)25(18(16)28)13-3-1-2-11(20)8-13/h1-8,15-16H,9H2,(H,21,26)/t15-,16+/m1/s1. The average molecular weight is 463 g/mol. The van der Waals surface area contributed by atoms with Crippen molar-refractivity contribution in [3.8, 4) is 0 Å². The maximum absolute atomic E-state index is 12.9. The summed E-state index contributed by atoms with van der Waals surface area (Å²) in [7, 11) is 0. The molecule has 1 saturated heterocycles. The molecule has 8 nitrogen and oxygen atoms in total. The maximum Gasteiger partial charge on any atom is 0.263 e. The fourth-order valence-electron chi connectivity index (χ4n) is 3.10. The van der Waals surface area contributed by atoms with Gasteiger partial charge < -0.3 is 5.32 Å². The zero-order chi connectivity index (χ0) is 19.8. The van der Waals surface area contributed by atoms with Gasteiger partial charge in [0.1, 0.15) is 6.54 Å². The van der Waals surface area contributed by atoms with Crippen molar-refractivity contribution in [2.75, 3.05) is 16.8 Å². The summed E-state index contributed by atoms with van der Waals surface area (Å²) in [6, 6.07) is 11.6. The number of hydrogen-bond acceptors (Lipinski definition) is 6. The quantitative estimate of drug-likeness (QED) is 0.707. The van der Waals surface area contributed by atoms with E-state index in [1.54, 1.807) is 42.5 Å². The second-order valence-corrected chi connectivity index (χ2v) is 7.59. The normalized spacial score (nSPS) is 20.6. The summed E-state index contributed by atoms with van der Waals surface area (Å²) >= 11 is 9.29. The first-order valence-electron chi connectivity index (χ1n) is 8.30. The number of rotatable bonds is 4. The first kappa shape index (κ1) is 18.6. The summed E-state index contributed by atoms with van der Waals surface area (Å²) in [5.41, 5.74) is 0.974. The molecule has 0 saturated carbocycles. The van der Waals surface area contributed by atoms with Crippen LogP contribution in [0.1, 0.15) is 0 Å². The fraction of sp³-hybridized carbons (Fsp3) is 0.167. The van der Waals surface area contributed by atoms with Gasteiger partial charge in [0.2, 0.25) is 5.91 Å². The zero-order valence-electron chi connectivity index (χ0n) is 14.3. The maximum atomic E-state index is 12.9. The molecule has 0 spiro atoms. The Labute approximate surface area is 173 Å². The van der Waals surface area contributed by atoms with Crippen LogP contribution in [-0.2, 0) is 14.4 Å². The van der Waals surface area contributed by atoms with E-state index in [0.29, 0.717) is 16.4 Å². The van der Waals surface area contributed by atoms with Crippen LogP contribution in [0.25, 0.3) is 0 Å². The Bertz CT molecular complexity index is 997. The van der Waals surface area contributed by atoms with Crippen molar-refractivity contribution < 1.29 is 14.4 Å². The monoisotopic (exact) mass is 461 g/mol. The highest BCUT2D eigenvalue weighted by Crippen LogP contribution is 2.32. The van der Waals surface area contributed by atoms with Gasteiger partial charge in [-0.25, -0.2) is 4.90 Å². The Hall–Kier alpha value is -2.78. The lowest BCUT2D eigenvalue weighted by Crippen LogP contribution is -2.43. The van der Waals surface area contributed by atoms with Crippen molar-refractivity contribution in [3.05, 3.63) is 58.0 Å². The number of fused-ring (bicyclic) bond motifs is 1. The first-order valence-corrected chi connectivity index (χ1v) is 9.47. The molecule has 0 unspecified atom stereocenters. The summed E-state index contributed by atoms with van der Waals surface area (Å²) in [6.07, 6.45) is 0. The van der Waals surface area contributed by atoms with E-state index in [1.165, 1.54) is 11.1 Å². The van der Waals surface area contributed by atoms with E-state index in [1.807, 2.05) is 0 Å². The molecule has 2 heterocycles. The van der Waals surface area contributed by atoms with Gasteiger partial charge in [-0.05, 0) is 42.5 Å². The molecule has 2 aromatic carbocycles. The lowest BCUT2D eigenvalue weighted by molar-refractivity contribution is -0.123. The van der Waals surface area contributed by atoms with Crippen molar-refractivity contribution in [1.29, 1.82) is 0 Å². The minimum Gasteiger partial charge on any atom is -0.324 e. The highest BCUT2D eigenvalue weighted by Gasteiger charge is 2.55. The summed E-state index contributed by atoms with van der Waals surface area (Å²) in [6.45, 7) is -0.205. The third kappa shape index (κ3) is 3.38. The molecule has 10 heteroatoms. The van der Waals surface area contributed by atoms with Gasteiger partial charge in [-0.2, -0.15) is 5.11 Å². The Balaban J connectivity index is 1.49. The minimum atomic E-state index is -0.966. The average Bonchev–Trinajstić information content (AvgIpc) is 3.17. The van der Waals surface area contributed by atoms with Crippen molar-refractivity contribution in [2.45, 2.75) is 12.1 Å². The molecule has 0 aliphatic carbocycles. The highest BCUT2D eigenvalue weighted by atomic mass is 79.9. The second kappa shape index (κ2) is 7.33. The second-order valence-electron chi connectivity index (χ2n) is 6.24. The molecule has 3 amide bonds. The molecule has 2 aliphatic rings. The molecule has 0 aromatic heterocycles. The van der Waals surface area contributed by atoms with E-state index < -0.39 is 23.9 Å². The number of halogens is 2. The number of hydrogen-bond donors (Lipinski definition) is 1. The Kier molecular flexibility index (Phi) is 4.86. The summed E-state index contributed by atoms with van der Waals surface area (Å²) in [5.74, 6) is -1.35. The number of imide groups is 1. The molecule has 0 bridgehead atoms. The predicted octanol–water partition coefficient (Wildman–Crippen LogP) is 3.03. The molecule has 1 fully saturated rings. The van der Waals surface area contributed by atoms with Crippen LogP contribution < -0.4 is 10.2 Å². The van der Waals surface area contributed by atoms with Crippen LogP contribution in [-0.4, -0.2) is 41.4 Å². The van der Waals surface area contributed by atoms with Crippen LogP contribution in [0.4, 0.5) is 11.4 Å². The van der Waals surface area contributed by atoms with Crippen LogP contribution in [0, 0.1) is 0 Å². The number of nitrogens with zero attached hydrogens (tertiary/aromatic N) is 4. The molecule has 4 rings (SSSR count). The van der Waals surface area contributed by atoms with Crippen molar-refractivity contribution in [1.82, 2.24) is 5.01 Å². The SMILES string of the molecule is O=C(CN1N=N[C@H]2C(=O)N(c3cccc(Cl)c3)C(=O)[C@H]21)Nc1ccc(Br)cc1. The molecule has 142 valence electrons. The smallest absolute Gasteiger partial charge is 0.263 e. The summed E-state index contributed by atoms with van der Waals surface area (Å²) < 4.78 is 0.887. The van der Waals surface area contributed by atoms with Gasteiger partial charge in [-0.1, -0.05) is 38.8 Å². The number of anilines is 2. The first-order chi connectivity index (χ1) is 13.4. The number of carbonyl (C=O) groups excluding carboxylic acids is 3. The van der Waals surface area contributed by atoms with Crippen molar-refractivity contribution in [3.63, 3.8) is 0 Å². The largest absolute Gasteiger partial charge is 0.324 e. The van der Waals surface area contributed by atoms with E-state index in [2.05, 4.69) is 31.6 Å². The number of amides is 3. The predicted molar refractivity (Wildman–Crippen MR) is 106 cm³/mol. The van der Waals surface area contributed by atoms with Gasteiger partial charge in [0.15, 0.2) is 12.1 Å². The Morgan fingerprint density at radius 1 is 1.14 bits per heavy atom. The summed E-state index contributed by atoms with van der Waals surface area (Å²) in [5, 5.41) is 12.1. The van der Waals surface area contributed by atoms with Gasteiger partial charge >= 0.3 is 0 Å². The van der Waals surface area contributed by atoms with Gasteiger partial charge in [-0.15, -0.1) is 0 Å². The summed E-state index contributed by atoms with van der Waals surface area (Å²) in [4.78, 5) is 38.9. The minimum absolute atomic E-state index is 0.205. The van der Waals surface area contributed by atoms with E-state index in [0.717, 1.165) is 9.37 Å². The van der Waals surface area contributed by atoms with Crippen LogP contribution >= 0.6 is 27.5 Å². The van der Waals surface area contributed by atoms with Crippen LogP contribution in [0.2, 0.25) is 5.02 Å². The molecular formula is C18H13BrClN5O3. The molecule has 28 heavy (non-hydrogen) atoms. The lowest BCUT2D eigenvalue weighted by atomic mass is 10.1. The Morgan fingerprint density at radius 3 is 2.61 bits per heavy atom. The van der Waals surface area contributed by atoms with Gasteiger partial charge in [0.25, 0.3) is 11.8 Å². The molecule has 2 aromatic rings. The van der Waals surface area contributed by atoms with E-state index >= 15 is 0 Å². The fourth-order valence-corrected chi connectivity index (χ4v) is 3.55. The van der Waals surface area contributed by atoms with Gasteiger partial charge in [0.05, 0.1) is 5.69 Å². The molecule has 2 atom stereocenters. The number of benzene rings is 2. The highest BCUT2D eigenvalue weighted by molar-refractivity contribution is 9.10.